The molecule has 0 amide bonds. The minimum absolute atomic E-state index is 0.0134. The van der Waals surface area contributed by atoms with Crippen molar-refractivity contribution in [2.75, 3.05) is 14.2 Å². The van der Waals surface area contributed by atoms with E-state index in [0.717, 1.165) is 11.5 Å². The molecule has 0 N–H and O–H groups in total. The van der Waals surface area contributed by atoms with E-state index in [1.54, 1.807) is 14.2 Å². The Morgan fingerprint density at radius 3 is 2.41 bits per heavy atom. The van der Waals surface area contributed by atoms with Crippen LogP contribution < -0.4 is 9.47 Å². The van der Waals surface area contributed by atoms with Crippen LogP contribution in [0.3, 0.4) is 0 Å². The monoisotopic (exact) mass is 232 g/mol. The molecular formula is C15H20O2. The molecular weight excluding hydrogens is 212 g/mol. The number of hydrogen-bond acceptors (Lipinski definition) is 2. The van der Waals surface area contributed by atoms with Gasteiger partial charge in [0.2, 0.25) is 0 Å². The molecule has 1 unspecified atom stereocenters. The Morgan fingerprint density at radius 1 is 1.12 bits per heavy atom. The highest BCUT2D eigenvalue weighted by Crippen LogP contribution is 2.44. The molecule has 1 aliphatic carbocycles. The first-order valence-electron chi connectivity index (χ1n) is 5.95. The zero-order valence-electron chi connectivity index (χ0n) is 11.2. The van der Waals surface area contributed by atoms with Crippen molar-refractivity contribution in [1.82, 2.24) is 0 Å². The van der Waals surface area contributed by atoms with Crippen LogP contribution in [0.4, 0.5) is 0 Å². The third-order valence-electron chi connectivity index (χ3n) is 3.50. The van der Waals surface area contributed by atoms with Crippen molar-refractivity contribution in [1.29, 1.82) is 0 Å². The molecule has 17 heavy (non-hydrogen) atoms. The first-order chi connectivity index (χ1) is 7.99. The van der Waals surface area contributed by atoms with Crippen LogP contribution in [0.15, 0.2) is 24.3 Å². The van der Waals surface area contributed by atoms with Crippen molar-refractivity contribution in [2.45, 2.75) is 32.1 Å². The van der Waals surface area contributed by atoms with Gasteiger partial charge in [-0.3, -0.25) is 0 Å². The van der Waals surface area contributed by atoms with Crippen LogP contribution in [0.2, 0.25) is 0 Å². The van der Waals surface area contributed by atoms with Gasteiger partial charge in [-0.05, 0) is 17.5 Å². The van der Waals surface area contributed by atoms with Crippen molar-refractivity contribution in [3.05, 3.63) is 35.4 Å². The highest BCUT2D eigenvalue weighted by Gasteiger charge is 2.30. The zero-order chi connectivity index (χ0) is 12.6. The minimum Gasteiger partial charge on any atom is -0.497 e. The van der Waals surface area contributed by atoms with Gasteiger partial charge in [-0.15, -0.1) is 0 Å². The van der Waals surface area contributed by atoms with E-state index in [1.165, 1.54) is 11.1 Å². The summed E-state index contributed by atoms with van der Waals surface area (Å²) >= 11 is 0. The highest BCUT2D eigenvalue weighted by atomic mass is 16.5. The predicted molar refractivity (Wildman–Crippen MR) is 70.1 cm³/mol. The standard InChI is InChI=1S/C15H20O2/c1-10-6-7-15(2,3)14-12(10)8-11(16-4)9-13(14)17-5/h6-10H,1-5H3. The maximum absolute atomic E-state index is 5.53. The van der Waals surface area contributed by atoms with E-state index in [1.807, 2.05) is 6.07 Å². The SMILES string of the molecule is COc1cc(OC)c2c(c1)C(C)C=CC2(C)C. The van der Waals surface area contributed by atoms with E-state index in [0.29, 0.717) is 5.92 Å². The number of allylic oxidation sites excluding steroid dienone is 2. The molecule has 0 saturated heterocycles. The number of rotatable bonds is 2. The maximum Gasteiger partial charge on any atom is 0.126 e. The van der Waals surface area contributed by atoms with Crippen molar-refractivity contribution in [3.63, 3.8) is 0 Å². The van der Waals surface area contributed by atoms with E-state index in [9.17, 15) is 0 Å². The topological polar surface area (TPSA) is 18.5 Å². The maximum atomic E-state index is 5.53. The molecule has 0 spiro atoms. The molecule has 92 valence electrons. The van der Waals surface area contributed by atoms with Gasteiger partial charge < -0.3 is 9.47 Å². The summed E-state index contributed by atoms with van der Waals surface area (Å²) in [6.45, 7) is 6.62. The lowest BCUT2D eigenvalue weighted by atomic mass is 9.73. The fraction of sp³-hybridized carbons (Fsp3) is 0.467. The second-order valence-electron chi connectivity index (χ2n) is 5.16. The van der Waals surface area contributed by atoms with Crippen molar-refractivity contribution in [2.24, 2.45) is 0 Å². The minimum atomic E-state index is 0.0134. The van der Waals surface area contributed by atoms with Crippen molar-refractivity contribution in [3.8, 4) is 11.5 Å². The fourth-order valence-electron chi connectivity index (χ4n) is 2.51. The fourth-order valence-corrected chi connectivity index (χ4v) is 2.51. The lowest BCUT2D eigenvalue weighted by Gasteiger charge is -2.32. The predicted octanol–water partition coefficient (Wildman–Crippen LogP) is 3.65. The molecule has 1 aromatic carbocycles. The Labute approximate surface area is 103 Å². The van der Waals surface area contributed by atoms with Gasteiger partial charge >= 0.3 is 0 Å². The summed E-state index contributed by atoms with van der Waals surface area (Å²) in [5.74, 6) is 2.18. The van der Waals surface area contributed by atoms with Crippen LogP contribution in [0.1, 0.15) is 37.8 Å². The number of hydrogen-bond donors (Lipinski definition) is 0. The molecule has 0 aromatic heterocycles. The van der Waals surface area contributed by atoms with Crippen LogP contribution in [-0.2, 0) is 5.41 Å². The van der Waals surface area contributed by atoms with Gasteiger partial charge in [0.05, 0.1) is 14.2 Å². The first-order valence-corrected chi connectivity index (χ1v) is 5.95. The van der Waals surface area contributed by atoms with Crippen LogP contribution in [0.5, 0.6) is 11.5 Å². The molecule has 0 bridgehead atoms. The van der Waals surface area contributed by atoms with E-state index >= 15 is 0 Å². The second kappa shape index (κ2) is 4.10. The van der Waals surface area contributed by atoms with Gasteiger partial charge in [0, 0.05) is 17.0 Å². The number of ether oxygens (including phenoxy) is 2. The van der Waals surface area contributed by atoms with Crippen LogP contribution >= 0.6 is 0 Å². The molecule has 0 fully saturated rings. The average Bonchev–Trinajstić information content (AvgIpc) is 2.32. The van der Waals surface area contributed by atoms with Gasteiger partial charge in [-0.2, -0.15) is 0 Å². The molecule has 0 heterocycles. The van der Waals surface area contributed by atoms with Crippen molar-refractivity contribution >= 4 is 0 Å². The summed E-state index contributed by atoms with van der Waals surface area (Å²) < 4.78 is 10.9. The smallest absolute Gasteiger partial charge is 0.126 e. The Kier molecular flexibility index (Phi) is 2.90. The summed E-state index contributed by atoms with van der Waals surface area (Å²) in [6, 6.07) is 4.08. The summed E-state index contributed by atoms with van der Waals surface area (Å²) in [7, 11) is 3.41. The van der Waals surface area contributed by atoms with E-state index in [-0.39, 0.29) is 5.41 Å². The quantitative estimate of drug-likeness (QED) is 0.724. The molecule has 2 rings (SSSR count). The Morgan fingerprint density at radius 2 is 1.82 bits per heavy atom. The van der Waals surface area contributed by atoms with E-state index in [4.69, 9.17) is 9.47 Å². The summed E-state index contributed by atoms with van der Waals surface area (Å²) in [6.07, 6.45) is 4.51. The molecule has 2 nitrogen and oxygen atoms in total. The Balaban J connectivity index is 2.69. The molecule has 0 aliphatic heterocycles. The average molecular weight is 232 g/mol. The van der Waals surface area contributed by atoms with Crippen LogP contribution in [0.25, 0.3) is 0 Å². The van der Waals surface area contributed by atoms with Gasteiger partial charge in [0.1, 0.15) is 11.5 Å². The molecule has 1 aromatic rings. The Bertz CT molecular complexity index is 458. The van der Waals surface area contributed by atoms with Crippen LogP contribution in [0, 0.1) is 0 Å². The van der Waals surface area contributed by atoms with Crippen LogP contribution in [-0.4, -0.2) is 14.2 Å². The zero-order valence-corrected chi connectivity index (χ0v) is 11.2. The number of benzene rings is 1. The normalized spacial score (nSPS) is 20.9. The van der Waals surface area contributed by atoms with E-state index in [2.05, 4.69) is 39.0 Å². The lowest BCUT2D eigenvalue weighted by molar-refractivity contribution is 0.383. The number of fused-ring (bicyclic) bond motifs is 1. The molecule has 0 radical (unpaired) electrons. The van der Waals surface area contributed by atoms with Gasteiger partial charge in [-0.25, -0.2) is 0 Å². The third kappa shape index (κ3) is 1.92. The lowest BCUT2D eigenvalue weighted by Crippen LogP contribution is -2.22. The second-order valence-corrected chi connectivity index (χ2v) is 5.16. The van der Waals surface area contributed by atoms with Gasteiger partial charge in [0.15, 0.2) is 0 Å². The highest BCUT2D eigenvalue weighted by molar-refractivity contribution is 5.56. The molecule has 2 heteroatoms. The summed E-state index contributed by atoms with van der Waals surface area (Å²) in [4.78, 5) is 0. The third-order valence-corrected chi connectivity index (χ3v) is 3.50. The largest absolute Gasteiger partial charge is 0.497 e. The molecule has 1 atom stereocenters. The summed E-state index contributed by atoms with van der Waals surface area (Å²) in [5, 5.41) is 0. The van der Waals surface area contributed by atoms with Gasteiger partial charge in [-0.1, -0.05) is 32.9 Å². The molecule has 0 saturated carbocycles. The Hall–Kier alpha value is -1.44. The number of methoxy groups -OCH3 is 2. The van der Waals surface area contributed by atoms with Crippen molar-refractivity contribution < 1.29 is 9.47 Å². The molecule has 1 aliphatic rings. The van der Waals surface area contributed by atoms with E-state index < -0.39 is 0 Å². The van der Waals surface area contributed by atoms with Gasteiger partial charge in [0.25, 0.3) is 0 Å². The first kappa shape index (κ1) is 12.0. The summed E-state index contributed by atoms with van der Waals surface area (Å²) in [5.41, 5.74) is 2.59.